The molecule has 2 unspecified atom stereocenters. The highest BCUT2D eigenvalue weighted by Gasteiger charge is 2.40. The zero-order valence-corrected chi connectivity index (χ0v) is 9.34. The molecule has 2 nitrogen and oxygen atoms in total. The molecule has 1 aromatic heterocycles. The number of nitrogens with zero attached hydrogens (tertiary/aromatic N) is 1. The Hall–Kier alpha value is -0.890. The molecule has 0 aliphatic heterocycles. The van der Waals surface area contributed by atoms with Gasteiger partial charge in [0.25, 0.3) is 0 Å². The number of halogens is 1. The van der Waals surface area contributed by atoms with Crippen molar-refractivity contribution < 1.29 is 4.79 Å². The van der Waals surface area contributed by atoms with Crippen molar-refractivity contribution in [1.29, 1.82) is 0 Å². The molecule has 78 valence electrons. The van der Waals surface area contributed by atoms with E-state index in [2.05, 4.69) is 4.98 Å². The van der Waals surface area contributed by atoms with E-state index in [-0.39, 0.29) is 5.78 Å². The summed E-state index contributed by atoms with van der Waals surface area (Å²) in [4.78, 5) is 15.6. The van der Waals surface area contributed by atoms with Crippen LogP contribution in [0.3, 0.4) is 0 Å². The van der Waals surface area contributed by atoms with Gasteiger partial charge >= 0.3 is 0 Å². The number of carbonyl (C=O) groups excluding carboxylic acids is 1. The van der Waals surface area contributed by atoms with Crippen LogP contribution < -0.4 is 0 Å². The fourth-order valence-electron chi connectivity index (χ4n) is 3.13. The van der Waals surface area contributed by atoms with Gasteiger partial charge in [0.05, 0.1) is 0 Å². The minimum Gasteiger partial charge on any atom is -0.294 e. The third kappa shape index (κ3) is 1.18. The van der Waals surface area contributed by atoms with Crippen LogP contribution in [0.5, 0.6) is 0 Å². The van der Waals surface area contributed by atoms with E-state index in [0.29, 0.717) is 17.0 Å². The molecule has 2 bridgehead atoms. The van der Waals surface area contributed by atoms with Crippen molar-refractivity contribution in [2.75, 3.05) is 0 Å². The van der Waals surface area contributed by atoms with Crippen molar-refractivity contribution in [3.05, 3.63) is 28.0 Å². The number of Topliss-reactive ketones (excluding diaryl/α,β-unsaturated/α-hetero) is 1. The quantitative estimate of drug-likeness (QED) is 0.538. The molecule has 0 N–H and O–H groups in total. The number of pyridine rings is 1. The maximum Gasteiger partial charge on any atom is 0.161 e. The fraction of sp³-hybridized carbons (Fsp3) is 0.500. The molecule has 1 heterocycles. The van der Waals surface area contributed by atoms with Gasteiger partial charge in [-0.2, -0.15) is 0 Å². The predicted molar refractivity (Wildman–Crippen MR) is 58.6 cm³/mol. The Bertz CT molecular complexity index is 455. The number of rotatable bonds is 1. The zero-order valence-electron chi connectivity index (χ0n) is 8.59. The number of hydrogen-bond acceptors (Lipinski definition) is 2. The summed E-state index contributed by atoms with van der Waals surface area (Å²) in [5.41, 5.74) is 3.17. The Labute approximate surface area is 93.7 Å². The standard InChI is InChI=1S/C12H12ClNO/c1-6(15)9-5-14-12(13)11-8-3-2-7(4-8)10(9)11/h5,7-8H,2-4H2,1H3. The summed E-state index contributed by atoms with van der Waals surface area (Å²) in [6.07, 6.45) is 5.23. The monoisotopic (exact) mass is 221 g/mol. The van der Waals surface area contributed by atoms with Gasteiger partial charge in [0.2, 0.25) is 0 Å². The van der Waals surface area contributed by atoms with Crippen LogP contribution in [0.4, 0.5) is 0 Å². The lowest BCUT2D eigenvalue weighted by Gasteiger charge is -2.18. The molecule has 2 atom stereocenters. The molecule has 3 heteroatoms. The fourth-order valence-corrected chi connectivity index (χ4v) is 3.44. The minimum absolute atomic E-state index is 0.114. The van der Waals surface area contributed by atoms with Crippen molar-refractivity contribution in [3.63, 3.8) is 0 Å². The Kier molecular flexibility index (Phi) is 1.90. The average Bonchev–Trinajstić information content (AvgIpc) is 2.78. The van der Waals surface area contributed by atoms with Gasteiger partial charge in [-0.1, -0.05) is 11.6 Å². The average molecular weight is 222 g/mol. The summed E-state index contributed by atoms with van der Waals surface area (Å²) in [5.74, 6) is 1.23. The van der Waals surface area contributed by atoms with E-state index in [4.69, 9.17) is 11.6 Å². The molecule has 1 fully saturated rings. The van der Waals surface area contributed by atoms with Crippen molar-refractivity contribution in [3.8, 4) is 0 Å². The number of aromatic nitrogens is 1. The number of hydrogen-bond donors (Lipinski definition) is 0. The first-order chi connectivity index (χ1) is 7.18. The van der Waals surface area contributed by atoms with Crippen LogP contribution in [-0.4, -0.2) is 10.8 Å². The van der Waals surface area contributed by atoms with Crippen LogP contribution in [0.15, 0.2) is 6.20 Å². The third-order valence-corrected chi connectivity index (χ3v) is 4.04. The van der Waals surface area contributed by atoms with Gasteiger partial charge in [-0.15, -0.1) is 0 Å². The first-order valence-electron chi connectivity index (χ1n) is 5.37. The lowest BCUT2D eigenvalue weighted by atomic mass is 9.89. The predicted octanol–water partition coefficient (Wildman–Crippen LogP) is 3.30. The van der Waals surface area contributed by atoms with Crippen LogP contribution in [0.25, 0.3) is 0 Å². The molecule has 15 heavy (non-hydrogen) atoms. The van der Waals surface area contributed by atoms with Gasteiger partial charge in [-0.25, -0.2) is 4.98 Å². The van der Waals surface area contributed by atoms with Gasteiger partial charge in [0.15, 0.2) is 5.78 Å². The SMILES string of the molecule is CC(=O)c1cnc(Cl)c2c1C1CCC2C1. The third-order valence-electron chi connectivity index (χ3n) is 3.74. The van der Waals surface area contributed by atoms with Crippen LogP contribution in [0, 0.1) is 0 Å². The molecule has 2 aliphatic carbocycles. The Morgan fingerprint density at radius 1 is 1.40 bits per heavy atom. The largest absolute Gasteiger partial charge is 0.294 e. The van der Waals surface area contributed by atoms with Crippen molar-refractivity contribution in [2.24, 2.45) is 0 Å². The highest BCUT2D eigenvalue weighted by atomic mass is 35.5. The van der Waals surface area contributed by atoms with Crippen LogP contribution in [0.2, 0.25) is 5.15 Å². The first-order valence-corrected chi connectivity index (χ1v) is 5.75. The number of ketones is 1. The van der Waals surface area contributed by atoms with E-state index >= 15 is 0 Å². The Morgan fingerprint density at radius 2 is 2.07 bits per heavy atom. The van der Waals surface area contributed by atoms with Crippen molar-refractivity contribution in [2.45, 2.75) is 38.0 Å². The lowest BCUT2D eigenvalue weighted by molar-refractivity contribution is 0.101. The smallest absolute Gasteiger partial charge is 0.161 e. The topological polar surface area (TPSA) is 30.0 Å². The lowest BCUT2D eigenvalue weighted by Crippen LogP contribution is -2.08. The molecular weight excluding hydrogens is 210 g/mol. The Morgan fingerprint density at radius 3 is 2.73 bits per heavy atom. The summed E-state index contributed by atoms with van der Waals surface area (Å²) >= 11 is 6.12. The van der Waals surface area contributed by atoms with E-state index < -0.39 is 0 Å². The summed E-state index contributed by atoms with van der Waals surface area (Å²) in [7, 11) is 0. The highest BCUT2D eigenvalue weighted by Crippen LogP contribution is 2.55. The minimum atomic E-state index is 0.114. The number of carbonyl (C=O) groups is 1. The van der Waals surface area contributed by atoms with Crippen LogP contribution in [0.1, 0.15) is 59.5 Å². The molecule has 3 rings (SSSR count). The summed E-state index contributed by atoms with van der Waals surface area (Å²) < 4.78 is 0. The van der Waals surface area contributed by atoms with Crippen molar-refractivity contribution >= 4 is 17.4 Å². The van der Waals surface area contributed by atoms with Gasteiger partial charge in [0.1, 0.15) is 5.15 Å². The normalized spacial score (nSPS) is 26.8. The second kappa shape index (κ2) is 3.05. The summed E-state index contributed by atoms with van der Waals surface area (Å²) in [5, 5.41) is 0.613. The second-order valence-corrected chi connectivity index (χ2v) is 4.91. The van der Waals surface area contributed by atoms with E-state index in [9.17, 15) is 4.79 Å². The van der Waals surface area contributed by atoms with E-state index in [1.807, 2.05) is 0 Å². The molecule has 0 spiro atoms. The number of fused-ring (bicyclic) bond motifs is 5. The van der Waals surface area contributed by atoms with Gasteiger partial charge in [0, 0.05) is 11.8 Å². The maximum atomic E-state index is 11.5. The van der Waals surface area contributed by atoms with Gasteiger partial charge < -0.3 is 0 Å². The summed E-state index contributed by atoms with van der Waals surface area (Å²) in [6, 6.07) is 0. The van der Waals surface area contributed by atoms with E-state index in [0.717, 1.165) is 5.56 Å². The van der Waals surface area contributed by atoms with Crippen molar-refractivity contribution in [1.82, 2.24) is 4.98 Å². The molecule has 0 saturated heterocycles. The van der Waals surface area contributed by atoms with Gasteiger partial charge in [-0.05, 0) is 49.1 Å². The molecule has 0 aromatic carbocycles. The molecule has 2 aliphatic rings. The van der Waals surface area contributed by atoms with E-state index in [1.54, 1.807) is 13.1 Å². The van der Waals surface area contributed by atoms with Gasteiger partial charge in [-0.3, -0.25) is 4.79 Å². The second-order valence-electron chi connectivity index (χ2n) is 4.55. The first kappa shape index (κ1) is 9.34. The van der Waals surface area contributed by atoms with E-state index in [1.165, 1.54) is 30.4 Å². The molecular formula is C12H12ClNO. The van der Waals surface area contributed by atoms with Crippen LogP contribution >= 0.6 is 11.6 Å². The maximum absolute atomic E-state index is 11.5. The molecule has 1 aromatic rings. The molecule has 1 saturated carbocycles. The molecule has 0 radical (unpaired) electrons. The van der Waals surface area contributed by atoms with Crippen LogP contribution in [-0.2, 0) is 0 Å². The molecule has 0 amide bonds. The zero-order chi connectivity index (χ0) is 10.6. The Balaban J connectivity index is 2.27. The highest BCUT2D eigenvalue weighted by molar-refractivity contribution is 6.30. The summed E-state index contributed by atoms with van der Waals surface area (Å²) in [6.45, 7) is 1.61.